The van der Waals surface area contributed by atoms with E-state index in [-0.39, 0.29) is 0 Å². The Balaban J connectivity index is 2.08. The maximum absolute atomic E-state index is 5.72. The van der Waals surface area contributed by atoms with Gasteiger partial charge in [0.05, 0.1) is 5.56 Å². The van der Waals surface area contributed by atoms with Crippen LogP contribution in [0.25, 0.3) is 0 Å². The van der Waals surface area contributed by atoms with Gasteiger partial charge < -0.3 is 10.6 Å². The predicted molar refractivity (Wildman–Crippen MR) is 81.3 cm³/mol. The number of nitrogens with two attached hydrogens (primary N) is 1. The average Bonchev–Trinajstić information content (AvgIpc) is 2.46. The largest absolute Gasteiger partial charge is 0.389 e. The quantitative estimate of drug-likeness (QED) is 0.841. The van der Waals surface area contributed by atoms with E-state index in [1.807, 2.05) is 31.3 Å². The summed E-state index contributed by atoms with van der Waals surface area (Å²) in [5.74, 6) is 0.823. The predicted octanol–water partition coefficient (Wildman–Crippen LogP) is 1.79. The number of likely N-dealkylation sites (N-methyl/N-ethyl adjacent to an activating group) is 1. The van der Waals surface area contributed by atoms with Gasteiger partial charge in [-0.1, -0.05) is 12.2 Å². The van der Waals surface area contributed by atoms with Gasteiger partial charge in [0.15, 0.2) is 0 Å². The summed E-state index contributed by atoms with van der Waals surface area (Å²) >= 11 is 5.05. The molecule has 0 saturated carbocycles. The summed E-state index contributed by atoms with van der Waals surface area (Å²) in [5.41, 5.74) is 7.78. The molecule has 0 unspecified atom stereocenters. The molecule has 2 rings (SSSR count). The molecule has 0 amide bonds. The van der Waals surface area contributed by atoms with Crippen molar-refractivity contribution in [3.05, 3.63) is 54.0 Å². The molecule has 0 spiro atoms. The molecule has 0 fully saturated rings. The molecule has 0 atom stereocenters. The number of pyridine rings is 2. The fourth-order valence-corrected chi connectivity index (χ4v) is 2.00. The molecule has 0 bridgehead atoms. The van der Waals surface area contributed by atoms with Crippen LogP contribution in [0.3, 0.4) is 0 Å². The maximum Gasteiger partial charge on any atom is 0.138 e. The van der Waals surface area contributed by atoms with E-state index in [0.717, 1.165) is 24.3 Å². The Morgan fingerprint density at radius 2 is 2.00 bits per heavy atom. The van der Waals surface area contributed by atoms with Gasteiger partial charge in [0.1, 0.15) is 10.8 Å². The zero-order chi connectivity index (χ0) is 13.7. The van der Waals surface area contributed by atoms with Crippen molar-refractivity contribution in [1.29, 1.82) is 0 Å². The first kappa shape index (κ1) is 13.4. The second kappa shape index (κ2) is 6.24. The lowest BCUT2D eigenvalue weighted by Crippen LogP contribution is -2.25. The van der Waals surface area contributed by atoms with Crippen LogP contribution >= 0.6 is 12.2 Å². The summed E-state index contributed by atoms with van der Waals surface area (Å²) < 4.78 is 0. The molecule has 2 aromatic rings. The number of aromatic nitrogens is 2. The van der Waals surface area contributed by atoms with Crippen molar-refractivity contribution < 1.29 is 0 Å². The van der Waals surface area contributed by atoms with Gasteiger partial charge in [0.25, 0.3) is 0 Å². The van der Waals surface area contributed by atoms with Crippen molar-refractivity contribution in [1.82, 2.24) is 9.97 Å². The highest BCUT2D eigenvalue weighted by Gasteiger charge is 2.10. The second-order valence-corrected chi connectivity index (χ2v) is 4.71. The van der Waals surface area contributed by atoms with Crippen molar-refractivity contribution >= 4 is 23.0 Å². The lowest BCUT2D eigenvalue weighted by Gasteiger charge is -2.20. The minimum absolute atomic E-state index is 0.374. The lowest BCUT2D eigenvalue weighted by atomic mass is 10.2. The van der Waals surface area contributed by atoms with Crippen LogP contribution in [0.5, 0.6) is 0 Å². The average molecular weight is 272 g/mol. The molecule has 19 heavy (non-hydrogen) atoms. The van der Waals surface area contributed by atoms with Gasteiger partial charge >= 0.3 is 0 Å². The number of thiocarbonyl (C=S) groups is 1. The van der Waals surface area contributed by atoms with Crippen LogP contribution in [0.4, 0.5) is 5.82 Å². The van der Waals surface area contributed by atoms with E-state index in [1.165, 1.54) is 5.56 Å². The van der Waals surface area contributed by atoms with Crippen molar-refractivity contribution in [3.63, 3.8) is 0 Å². The normalized spacial score (nSPS) is 10.2. The van der Waals surface area contributed by atoms with E-state index in [4.69, 9.17) is 18.0 Å². The summed E-state index contributed by atoms with van der Waals surface area (Å²) in [5, 5.41) is 0. The Morgan fingerprint density at radius 1 is 1.26 bits per heavy atom. The lowest BCUT2D eigenvalue weighted by molar-refractivity contribution is 0.857. The van der Waals surface area contributed by atoms with Gasteiger partial charge in [0.2, 0.25) is 0 Å². The zero-order valence-electron chi connectivity index (χ0n) is 10.8. The number of anilines is 1. The molecule has 0 aliphatic heterocycles. The molecule has 2 N–H and O–H groups in total. The van der Waals surface area contributed by atoms with Gasteiger partial charge in [-0.05, 0) is 36.2 Å². The third-order valence-corrected chi connectivity index (χ3v) is 3.12. The standard InChI is InChI=1S/C14H16N4S/c1-18(10-6-11-4-8-16-9-5-11)14-12(13(15)19)3-2-7-17-14/h2-5,7-9H,6,10H2,1H3,(H2,15,19). The van der Waals surface area contributed by atoms with E-state index < -0.39 is 0 Å². The zero-order valence-corrected chi connectivity index (χ0v) is 11.6. The first-order chi connectivity index (χ1) is 9.18. The van der Waals surface area contributed by atoms with E-state index in [1.54, 1.807) is 18.6 Å². The Morgan fingerprint density at radius 3 is 2.68 bits per heavy atom. The number of hydrogen-bond acceptors (Lipinski definition) is 4. The Bertz CT molecular complexity index is 556. The monoisotopic (exact) mass is 272 g/mol. The third kappa shape index (κ3) is 3.48. The molecule has 2 aromatic heterocycles. The summed E-state index contributed by atoms with van der Waals surface area (Å²) in [6.07, 6.45) is 6.28. The van der Waals surface area contributed by atoms with Crippen LogP contribution in [-0.4, -0.2) is 28.5 Å². The van der Waals surface area contributed by atoms with Crippen LogP contribution < -0.4 is 10.6 Å². The minimum atomic E-state index is 0.374. The molecule has 0 aliphatic carbocycles. The fourth-order valence-electron chi connectivity index (χ4n) is 1.85. The highest BCUT2D eigenvalue weighted by molar-refractivity contribution is 7.80. The summed E-state index contributed by atoms with van der Waals surface area (Å²) in [6, 6.07) is 7.77. The first-order valence-corrected chi connectivity index (χ1v) is 6.44. The van der Waals surface area contributed by atoms with Gasteiger partial charge in [0, 0.05) is 32.2 Å². The Labute approximate surface area is 118 Å². The molecular weight excluding hydrogens is 256 g/mol. The first-order valence-electron chi connectivity index (χ1n) is 6.03. The minimum Gasteiger partial charge on any atom is -0.389 e. The molecule has 4 nitrogen and oxygen atoms in total. The highest BCUT2D eigenvalue weighted by atomic mass is 32.1. The number of rotatable bonds is 5. The van der Waals surface area contributed by atoms with Crippen LogP contribution in [0.2, 0.25) is 0 Å². The van der Waals surface area contributed by atoms with E-state index in [2.05, 4.69) is 14.9 Å². The molecule has 0 aromatic carbocycles. The highest BCUT2D eigenvalue weighted by Crippen LogP contribution is 2.16. The Hall–Kier alpha value is -2.01. The third-order valence-electron chi connectivity index (χ3n) is 2.90. The van der Waals surface area contributed by atoms with Gasteiger partial charge in [-0.15, -0.1) is 0 Å². The fraction of sp³-hybridized carbons (Fsp3) is 0.214. The summed E-state index contributed by atoms with van der Waals surface area (Å²) in [7, 11) is 1.99. The van der Waals surface area contributed by atoms with Crippen LogP contribution in [0.15, 0.2) is 42.9 Å². The SMILES string of the molecule is CN(CCc1ccncc1)c1ncccc1C(N)=S. The van der Waals surface area contributed by atoms with E-state index in [0.29, 0.717) is 4.99 Å². The molecule has 2 heterocycles. The molecule has 5 heteroatoms. The van der Waals surface area contributed by atoms with Crippen LogP contribution in [0, 0.1) is 0 Å². The second-order valence-electron chi connectivity index (χ2n) is 4.27. The van der Waals surface area contributed by atoms with Gasteiger partial charge in [-0.3, -0.25) is 4.98 Å². The van der Waals surface area contributed by atoms with Gasteiger partial charge in [-0.2, -0.15) is 0 Å². The van der Waals surface area contributed by atoms with E-state index >= 15 is 0 Å². The van der Waals surface area contributed by atoms with Crippen LogP contribution in [0.1, 0.15) is 11.1 Å². The van der Waals surface area contributed by atoms with Crippen LogP contribution in [-0.2, 0) is 6.42 Å². The van der Waals surface area contributed by atoms with E-state index in [9.17, 15) is 0 Å². The molecular formula is C14H16N4S. The molecule has 0 saturated heterocycles. The van der Waals surface area contributed by atoms with Crippen molar-refractivity contribution in [2.45, 2.75) is 6.42 Å². The summed E-state index contributed by atoms with van der Waals surface area (Å²) in [6.45, 7) is 0.844. The molecule has 98 valence electrons. The number of nitrogens with zero attached hydrogens (tertiary/aromatic N) is 3. The van der Waals surface area contributed by atoms with Crippen molar-refractivity contribution in [2.24, 2.45) is 5.73 Å². The van der Waals surface area contributed by atoms with Crippen molar-refractivity contribution in [2.75, 3.05) is 18.5 Å². The van der Waals surface area contributed by atoms with Gasteiger partial charge in [-0.25, -0.2) is 4.98 Å². The summed E-state index contributed by atoms with van der Waals surface area (Å²) in [4.78, 5) is 10.8. The number of hydrogen-bond donors (Lipinski definition) is 1. The smallest absolute Gasteiger partial charge is 0.138 e. The maximum atomic E-state index is 5.72. The molecule has 0 radical (unpaired) electrons. The molecule has 0 aliphatic rings. The van der Waals surface area contributed by atoms with Crippen molar-refractivity contribution in [3.8, 4) is 0 Å². The topological polar surface area (TPSA) is 55.0 Å². The Kier molecular flexibility index (Phi) is 4.41.